The van der Waals surface area contributed by atoms with E-state index < -0.39 is 5.41 Å². The predicted octanol–water partition coefficient (Wildman–Crippen LogP) is 2.15. The molecule has 0 aliphatic heterocycles. The van der Waals surface area contributed by atoms with Gasteiger partial charge in [0.15, 0.2) is 5.13 Å². The van der Waals surface area contributed by atoms with Crippen molar-refractivity contribution >= 4 is 38.3 Å². The summed E-state index contributed by atoms with van der Waals surface area (Å²) in [5, 5.41) is 11.9. The standard InChI is InChI=1S/C8H6BrN3OS/c9-5-3-11-7(14-5)12-6(13)8(4-10)1-2-8/h3H,1-2H2,(H,11,12,13). The van der Waals surface area contributed by atoms with E-state index in [1.807, 2.05) is 6.07 Å². The third-order valence-electron chi connectivity index (χ3n) is 2.10. The van der Waals surface area contributed by atoms with Crippen LogP contribution in [0.1, 0.15) is 12.8 Å². The van der Waals surface area contributed by atoms with E-state index in [-0.39, 0.29) is 5.91 Å². The summed E-state index contributed by atoms with van der Waals surface area (Å²) < 4.78 is 0.856. The van der Waals surface area contributed by atoms with Gasteiger partial charge in [-0.3, -0.25) is 4.79 Å². The Bertz CT molecular complexity index is 418. The molecule has 0 bridgehead atoms. The molecule has 1 N–H and O–H groups in total. The summed E-state index contributed by atoms with van der Waals surface area (Å²) in [6.45, 7) is 0. The van der Waals surface area contributed by atoms with E-state index in [9.17, 15) is 4.79 Å². The Labute approximate surface area is 93.1 Å². The zero-order valence-electron chi connectivity index (χ0n) is 7.08. The number of thiazole rings is 1. The molecule has 14 heavy (non-hydrogen) atoms. The van der Waals surface area contributed by atoms with Gasteiger partial charge in [-0.15, -0.1) is 0 Å². The van der Waals surface area contributed by atoms with Crippen LogP contribution in [0.15, 0.2) is 9.98 Å². The van der Waals surface area contributed by atoms with Gasteiger partial charge in [-0.05, 0) is 28.8 Å². The monoisotopic (exact) mass is 271 g/mol. The molecule has 0 atom stereocenters. The maximum atomic E-state index is 11.6. The molecule has 0 saturated heterocycles. The van der Waals surface area contributed by atoms with Crippen LogP contribution >= 0.6 is 27.3 Å². The quantitative estimate of drug-likeness (QED) is 0.897. The Morgan fingerprint density at radius 2 is 2.50 bits per heavy atom. The molecular formula is C8H6BrN3OS. The van der Waals surface area contributed by atoms with Crippen LogP contribution in [0.25, 0.3) is 0 Å². The molecule has 1 aliphatic rings. The molecule has 4 nitrogen and oxygen atoms in total. The molecule has 1 fully saturated rings. The van der Waals surface area contributed by atoms with Crippen molar-refractivity contribution in [2.24, 2.45) is 5.41 Å². The number of carbonyl (C=O) groups is 1. The van der Waals surface area contributed by atoms with Gasteiger partial charge in [0.05, 0.1) is 16.1 Å². The van der Waals surface area contributed by atoms with Gasteiger partial charge in [-0.25, -0.2) is 4.98 Å². The van der Waals surface area contributed by atoms with E-state index in [2.05, 4.69) is 26.2 Å². The number of hydrogen-bond donors (Lipinski definition) is 1. The topological polar surface area (TPSA) is 65.8 Å². The molecule has 1 heterocycles. The molecule has 2 rings (SSSR count). The summed E-state index contributed by atoms with van der Waals surface area (Å²) in [5.41, 5.74) is -0.780. The van der Waals surface area contributed by atoms with Crippen LogP contribution in [0.2, 0.25) is 0 Å². The molecular weight excluding hydrogens is 266 g/mol. The van der Waals surface area contributed by atoms with Gasteiger partial charge in [0.25, 0.3) is 0 Å². The first-order valence-electron chi connectivity index (χ1n) is 4.00. The van der Waals surface area contributed by atoms with Gasteiger partial charge in [0.2, 0.25) is 5.91 Å². The maximum Gasteiger partial charge on any atom is 0.246 e. The number of halogens is 1. The number of rotatable bonds is 2. The number of amides is 1. The molecule has 1 aromatic heterocycles. The van der Waals surface area contributed by atoms with E-state index in [1.165, 1.54) is 11.3 Å². The molecule has 1 aromatic rings. The van der Waals surface area contributed by atoms with Crippen LogP contribution in [0, 0.1) is 16.7 Å². The predicted molar refractivity (Wildman–Crippen MR) is 55.7 cm³/mol. The van der Waals surface area contributed by atoms with Crippen molar-refractivity contribution in [1.82, 2.24) is 4.98 Å². The normalized spacial score (nSPS) is 17.1. The third kappa shape index (κ3) is 1.65. The number of carbonyl (C=O) groups excluding carboxylic acids is 1. The maximum absolute atomic E-state index is 11.6. The Balaban J connectivity index is 2.06. The van der Waals surface area contributed by atoms with Gasteiger partial charge in [-0.2, -0.15) is 5.26 Å². The lowest BCUT2D eigenvalue weighted by atomic mass is 10.1. The van der Waals surface area contributed by atoms with Gasteiger partial charge >= 0.3 is 0 Å². The largest absolute Gasteiger partial charge is 0.301 e. The van der Waals surface area contributed by atoms with Crippen LogP contribution in [-0.2, 0) is 4.79 Å². The van der Waals surface area contributed by atoms with Crippen molar-refractivity contribution in [2.75, 3.05) is 5.32 Å². The van der Waals surface area contributed by atoms with Crippen molar-refractivity contribution in [3.05, 3.63) is 9.98 Å². The SMILES string of the molecule is N#CC1(C(=O)Nc2ncc(Br)s2)CC1. The number of hydrogen-bond acceptors (Lipinski definition) is 4. The van der Waals surface area contributed by atoms with Crippen LogP contribution in [0.3, 0.4) is 0 Å². The minimum absolute atomic E-state index is 0.234. The van der Waals surface area contributed by atoms with Crippen molar-refractivity contribution < 1.29 is 4.79 Å². The van der Waals surface area contributed by atoms with E-state index in [1.54, 1.807) is 6.20 Å². The average Bonchev–Trinajstić information content (AvgIpc) is 2.87. The van der Waals surface area contributed by atoms with Crippen LogP contribution in [0.5, 0.6) is 0 Å². The molecule has 0 unspecified atom stereocenters. The number of nitrogens with one attached hydrogen (secondary N) is 1. The summed E-state index contributed by atoms with van der Waals surface area (Å²) in [6, 6.07) is 2.03. The molecule has 72 valence electrons. The molecule has 0 aromatic carbocycles. The minimum atomic E-state index is -0.780. The first-order chi connectivity index (χ1) is 6.66. The summed E-state index contributed by atoms with van der Waals surface area (Å²) in [6.07, 6.45) is 2.93. The summed E-state index contributed by atoms with van der Waals surface area (Å²) >= 11 is 4.58. The van der Waals surface area contributed by atoms with E-state index >= 15 is 0 Å². The fourth-order valence-electron chi connectivity index (χ4n) is 1.04. The number of anilines is 1. The van der Waals surface area contributed by atoms with Crippen LogP contribution < -0.4 is 5.32 Å². The Kier molecular flexibility index (Phi) is 2.29. The van der Waals surface area contributed by atoms with Gasteiger partial charge in [0.1, 0.15) is 5.41 Å². The highest BCUT2D eigenvalue weighted by molar-refractivity contribution is 9.11. The smallest absolute Gasteiger partial charge is 0.246 e. The zero-order chi connectivity index (χ0) is 10.2. The molecule has 0 radical (unpaired) electrons. The van der Waals surface area contributed by atoms with Crippen molar-refractivity contribution in [2.45, 2.75) is 12.8 Å². The zero-order valence-corrected chi connectivity index (χ0v) is 9.48. The second kappa shape index (κ2) is 3.33. The minimum Gasteiger partial charge on any atom is -0.301 e. The second-order valence-corrected chi connectivity index (χ2v) is 5.53. The van der Waals surface area contributed by atoms with Gasteiger partial charge in [0, 0.05) is 0 Å². The van der Waals surface area contributed by atoms with Gasteiger partial charge in [-0.1, -0.05) is 11.3 Å². The first kappa shape index (κ1) is 9.62. The fraction of sp³-hybridized carbons (Fsp3) is 0.375. The van der Waals surface area contributed by atoms with Crippen molar-refractivity contribution in [3.63, 3.8) is 0 Å². The Hall–Kier alpha value is -0.930. The van der Waals surface area contributed by atoms with E-state index in [0.717, 1.165) is 3.79 Å². The lowest BCUT2D eigenvalue weighted by Gasteiger charge is -2.03. The second-order valence-electron chi connectivity index (χ2n) is 3.12. The molecule has 0 spiro atoms. The van der Waals surface area contributed by atoms with E-state index in [0.29, 0.717) is 18.0 Å². The van der Waals surface area contributed by atoms with Crippen molar-refractivity contribution in [3.8, 4) is 6.07 Å². The highest BCUT2D eigenvalue weighted by Crippen LogP contribution is 2.45. The summed E-state index contributed by atoms with van der Waals surface area (Å²) in [5.74, 6) is -0.234. The van der Waals surface area contributed by atoms with Crippen LogP contribution in [-0.4, -0.2) is 10.9 Å². The Morgan fingerprint density at radius 3 is 2.93 bits per heavy atom. The first-order valence-corrected chi connectivity index (χ1v) is 5.61. The molecule has 6 heteroatoms. The molecule has 1 amide bonds. The number of aromatic nitrogens is 1. The summed E-state index contributed by atoms with van der Waals surface area (Å²) in [7, 11) is 0. The number of nitriles is 1. The van der Waals surface area contributed by atoms with Gasteiger partial charge < -0.3 is 5.32 Å². The van der Waals surface area contributed by atoms with Crippen LogP contribution in [0.4, 0.5) is 5.13 Å². The lowest BCUT2D eigenvalue weighted by Crippen LogP contribution is -2.22. The van der Waals surface area contributed by atoms with Crippen molar-refractivity contribution in [1.29, 1.82) is 5.26 Å². The molecule has 1 saturated carbocycles. The number of nitrogens with zero attached hydrogens (tertiary/aromatic N) is 2. The molecule has 1 aliphatic carbocycles. The summed E-state index contributed by atoms with van der Waals surface area (Å²) in [4.78, 5) is 15.5. The third-order valence-corrected chi connectivity index (χ3v) is 3.49. The highest BCUT2D eigenvalue weighted by Gasteiger charge is 2.50. The Morgan fingerprint density at radius 1 is 1.79 bits per heavy atom. The fourth-order valence-corrected chi connectivity index (χ4v) is 2.15. The van der Waals surface area contributed by atoms with E-state index in [4.69, 9.17) is 5.26 Å². The highest BCUT2D eigenvalue weighted by atomic mass is 79.9. The lowest BCUT2D eigenvalue weighted by molar-refractivity contribution is -0.119. The average molecular weight is 272 g/mol.